The first-order chi connectivity index (χ1) is 11.2. The fourth-order valence-electron chi connectivity index (χ4n) is 2.70. The van der Waals surface area contributed by atoms with Gasteiger partial charge in [0.25, 0.3) is 0 Å². The van der Waals surface area contributed by atoms with Gasteiger partial charge >= 0.3 is 0 Å². The molecule has 0 spiro atoms. The lowest BCUT2D eigenvalue weighted by Gasteiger charge is -2.22. The molecule has 4 rings (SSSR count). The van der Waals surface area contributed by atoms with Crippen LogP contribution in [0.2, 0.25) is 0 Å². The van der Waals surface area contributed by atoms with E-state index in [0.717, 1.165) is 10.8 Å². The molecular formula is C16H13N5O2. The molecule has 2 amide bonds. The zero-order valence-electron chi connectivity index (χ0n) is 12.1. The van der Waals surface area contributed by atoms with Crippen molar-refractivity contribution in [2.45, 2.75) is 12.5 Å². The minimum atomic E-state index is -0.701. The van der Waals surface area contributed by atoms with E-state index >= 15 is 0 Å². The quantitative estimate of drug-likeness (QED) is 0.757. The number of aromatic nitrogens is 3. The molecule has 7 nitrogen and oxygen atoms in total. The van der Waals surface area contributed by atoms with Crippen LogP contribution in [0.25, 0.3) is 10.8 Å². The Morgan fingerprint density at radius 3 is 2.91 bits per heavy atom. The van der Waals surface area contributed by atoms with Crippen LogP contribution in [-0.2, 0) is 9.59 Å². The van der Waals surface area contributed by atoms with E-state index in [9.17, 15) is 9.59 Å². The lowest BCUT2D eigenvalue weighted by atomic mass is 10.1. The molecule has 114 valence electrons. The number of nitrogens with zero attached hydrogens (tertiary/aromatic N) is 3. The van der Waals surface area contributed by atoms with Crippen molar-refractivity contribution in [2.24, 2.45) is 0 Å². The predicted molar refractivity (Wildman–Crippen MR) is 84.9 cm³/mol. The number of benzene rings is 2. The zero-order chi connectivity index (χ0) is 15.8. The largest absolute Gasteiger partial charge is 0.324 e. The molecule has 2 N–H and O–H groups in total. The van der Waals surface area contributed by atoms with Crippen molar-refractivity contribution in [1.82, 2.24) is 14.8 Å². The number of amides is 2. The topological polar surface area (TPSA) is 88.9 Å². The highest BCUT2D eigenvalue weighted by atomic mass is 16.2. The molecule has 0 aliphatic carbocycles. The highest BCUT2D eigenvalue weighted by Gasteiger charge is 2.31. The summed E-state index contributed by atoms with van der Waals surface area (Å²) >= 11 is 0. The molecule has 1 aliphatic rings. The van der Waals surface area contributed by atoms with Crippen molar-refractivity contribution < 1.29 is 9.59 Å². The van der Waals surface area contributed by atoms with Crippen molar-refractivity contribution in [3.8, 4) is 0 Å². The SMILES string of the molecule is O=C1CC(C(=O)Nc2ccc3ccccc3c2)n2ncnc2N1. The van der Waals surface area contributed by atoms with Gasteiger partial charge in [0, 0.05) is 5.69 Å². The first kappa shape index (κ1) is 13.4. The van der Waals surface area contributed by atoms with Crippen LogP contribution in [0, 0.1) is 0 Å². The summed E-state index contributed by atoms with van der Waals surface area (Å²) in [6.07, 6.45) is 1.35. The Hall–Kier alpha value is -3.22. The van der Waals surface area contributed by atoms with E-state index in [0.29, 0.717) is 11.6 Å². The van der Waals surface area contributed by atoms with Crippen LogP contribution in [0.4, 0.5) is 11.6 Å². The van der Waals surface area contributed by atoms with Crippen LogP contribution in [-0.4, -0.2) is 26.6 Å². The molecular weight excluding hydrogens is 294 g/mol. The summed E-state index contributed by atoms with van der Waals surface area (Å²) in [6, 6.07) is 12.9. The van der Waals surface area contributed by atoms with Crippen molar-refractivity contribution in [3.63, 3.8) is 0 Å². The molecule has 0 fully saturated rings. The van der Waals surface area contributed by atoms with Crippen LogP contribution in [0.5, 0.6) is 0 Å². The monoisotopic (exact) mass is 307 g/mol. The summed E-state index contributed by atoms with van der Waals surface area (Å²) in [5.41, 5.74) is 0.682. The van der Waals surface area contributed by atoms with Gasteiger partial charge in [-0.3, -0.25) is 14.9 Å². The molecule has 0 saturated carbocycles. The number of fused-ring (bicyclic) bond motifs is 2. The summed E-state index contributed by atoms with van der Waals surface area (Å²) in [5.74, 6) is -0.244. The molecule has 1 aliphatic heterocycles. The van der Waals surface area contributed by atoms with Gasteiger partial charge in [-0.25, -0.2) is 4.68 Å². The third-order valence-electron chi connectivity index (χ3n) is 3.82. The van der Waals surface area contributed by atoms with Crippen LogP contribution >= 0.6 is 0 Å². The van der Waals surface area contributed by atoms with E-state index in [4.69, 9.17) is 0 Å². The molecule has 23 heavy (non-hydrogen) atoms. The fourth-order valence-corrected chi connectivity index (χ4v) is 2.70. The Kier molecular flexibility index (Phi) is 3.04. The number of carbonyl (C=O) groups is 2. The lowest BCUT2D eigenvalue weighted by molar-refractivity contribution is -0.125. The second kappa shape index (κ2) is 5.20. The second-order valence-corrected chi connectivity index (χ2v) is 5.35. The van der Waals surface area contributed by atoms with Gasteiger partial charge in [-0.2, -0.15) is 10.1 Å². The smallest absolute Gasteiger partial charge is 0.249 e. The van der Waals surface area contributed by atoms with Crippen molar-refractivity contribution in [1.29, 1.82) is 0 Å². The average Bonchev–Trinajstić information content (AvgIpc) is 3.02. The number of anilines is 2. The van der Waals surface area contributed by atoms with Gasteiger partial charge in [0.2, 0.25) is 17.8 Å². The zero-order valence-corrected chi connectivity index (χ0v) is 12.1. The maximum Gasteiger partial charge on any atom is 0.249 e. The van der Waals surface area contributed by atoms with Gasteiger partial charge < -0.3 is 5.32 Å². The Balaban J connectivity index is 1.61. The number of hydrogen-bond acceptors (Lipinski definition) is 4. The first-order valence-electron chi connectivity index (χ1n) is 7.20. The molecule has 3 aromatic rings. The van der Waals surface area contributed by atoms with Gasteiger partial charge in [-0.1, -0.05) is 30.3 Å². The van der Waals surface area contributed by atoms with Crippen molar-refractivity contribution in [3.05, 3.63) is 48.8 Å². The van der Waals surface area contributed by atoms with Crippen LogP contribution in [0.3, 0.4) is 0 Å². The number of rotatable bonds is 2. The maximum atomic E-state index is 12.5. The van der Waals surface area contributed by atoms with E-state index < -0.39 is 6.04 Å². The van der Waals surface area contributed by atoms with E-state index in [1.54, 1.807) is 0 Å². The lowest BCUT2D eigenvalue weighted by Crippen LogP contribution is -2.35. The molecule has 0 saturated heterocycles. The average molecular weight is 307 g/mol. The minimum Gasteiger partial charge on any atom is -0.324 e. The number of nitrogens with one attached hydrogen (secondary N) is 2. The predicted octanol–water partition coefficient (Wildman–Crippen LogP) is 1.95. The van der Waals surface area contributed by atoms with E-state index in [2.05, 4.69) is 20.7 Å². The highest BCUT2D eigenvalue weighted by Crippen LogP contribution is 2.24. The normalized spacial score (nSPS) is 16.7. The van der Waals surface area contributed by atoms with Crippen LogP contribution in [0.1, 0.15) is 12.5 Å². The Morgan fingerprint density at radius 1 is 1.22 bits per heavy atom. The molecule has 1 atom stereocenters. The van der Waals surface area contributed by atoms with E-state index in [1.807, 2.05) is 42.5 Å². The van der Waals surface area contributed by atoms with Gasteiger partial charge in [-0.15, -0.1) is 0 Å². The molecule has 1 aromatic heterocycles. The Labute approximate surface area is 131 Å². The van der Waals surface area contributed by atoms with Gasteiger partial charge in [0.15, 0.2) is 0 Å². The van der Waals surface area contributed by atoms with E-state index in [1.165, 1.54) is 11.0 Å². The highest BCUT2D eigenvalue weighted by molar-refractivity contribution is 6.01. The minimum absolute atomic E-state index is 0.0375. The molecule has 0 radical (unpaired) electrons. The fraction of sp³-hybridized carbons (Fsp3) is 0.125. The van der Waals surface area contributed by atoms with Gasteiger partial charge in [0.05, 0.1) is 6.42 Å². The Morgan fingerprint density at radius 2 is 2.04 bits per heavy atom. The van der Waals surface area contributed by atoms with Crippen LogP contribution < -0.4 is 10.6 Å². The van der Waals surface area contributed by atoms with Crippen LogP contribution in [0.15, 0.2) is 48.8 Å². The summed E-state index contributed by atoms with van der Waals surface area (Å²) < 4.78 is 1.43. The molecule has 0 bridgehead atoms. The summed E-state index contributed by atoms with van der Waals surface area (Å²) in [4.78, 5) is 28.2. The third kappa shape index (κ3) is 2.42. The van der Waals surface area contributed by atoms with Crippen molar-refractivity contribution in [2.75, 3.05) is 10.6 Å². The number of carbonyl (C=O) groups excluding carboxylic acids is 2. The molecule has 2 aromatic carbocycles. The van der Waals surface area contributed by atoms with E-state index in [-0.39, 0.29) is 18.2 Å². The van der Waals surface area contributed by atoms with Gasteiger partial charge in [-0.05, 0) is 22.9 Å². The molecule has 1 unspecified atom stereocenters. The first-order valence-corrected chi connectivity index (χ1v) is 7.20. The summed E-state index contributed by atoms with van der Waals surface area (Å²) in [6.45, 7) is 0. The molecule has 7 heteroatoms. The standard InChI is InChI=1S/C16H13N5O2/c22-14-8-13(21-16(20-14)17-9-18-21)15(23)19-12-6-5-10-3-1-2-4-11(10)7-12/h1-7,9,13H,8H2,(H,19,23)(H,17,18,20,22). The Bertz CT molecular complexity index is 917. The maximum absolute atomic E-state index is 12.5. The van der Waals surface area contributed by atoms with Gasteiger partial charge in [0.1, 0.15) is 12.4 Å². The number of hydrogen-bond donors (Lipinski definition) is 2. The van der Waals surface area contributed by atoms with Crippen molar-refractivity contribution >= 4 is 34.2 Å². The third-order valence-corrected chi connectivity index (χ3v) is 3.82. The second-order valence-electron chi connectivity index (χ2n) is 5.35. The summed E-state index contributed by atoms with van der Waals surface area (Å²) in [5, 5.41) is 11.6. The molecule has 2 heterocycles. The summed E-state index contributed by atoms with van der Waals surface area (Å²) in [7, 11) is 0.